The average Bonchev–Trinajstić information content (AvgIpc) is 3.01. The molecule has 0 bridgehead atoms. The van der Waals surface area contributed by atoms with E-state index >= 15 is 0 Å². The molecule has 1 aliphatic rings. The fourth-order valence-corrected chi connectivity index (χ4v) is 3.70. The molecule has 21 heavy (non-hydrogen) atoms. The van der Waals surface area contributed by atoms with Crippen molar-refractivity contribution in [2.45, 2.75) is 36.6 Å². The Morgan fingerprint density at radius 3 is 2.48 bits per heavy atom. The van der Waals surface area contributed by atoms with Crippen molar-refractivity contribution in [1.29, 1.82) is 5.26 Å². The highest BCUT2D eigenvalue weighted by atomic mass is 32.2. The van der Waals surface area contributed by atoms with Crippen molar-refractivity contribution in [3.05, 3.63) is 29.8 Å². The molecule has 1 aromatic carbocycles. The van der Waals surface area contributed by atoms with E-state index < -0.39 is 10.0 Å². The number of nitrogens with one attached hydrogen (secondary N) is 1. The maximum Gasteiger partial charge on any atom is 0.240 e. The molecule has 1 aliphatic carbocycles. The number of nitriles is 1. The average molecular weight is 307 g/mol. The van der Waals surface area contributed by atoms with Gasteiger partial charge in [-0.3, -0.25) is 0 Å². The molecule has 0 spiro atoms. The van der Waals surface area contributed by atoms with Gasteiger partial charge in [0, 0.05) is 19.1 Å². The molecule has 0 aliphatic heterocycles. The molecule has 1 aromatic rings. The van der Waals surface area contributed by atoms with Crippen LogP contribution >= 0.6 is 0 Å². The SMILES string of the molecule is CN(CCNS(=O)(=O)c1ccc(C#N)cc1)C1CCCC1. The Morgan fingerprint density at radius 1 is 1.29 bits per heavy atom. The van der Waals surface area contributed by atoms with Gasteiger partial charge in [-0.05, 0) is 44.2 Å². The molecule has 0 unspecified atom stereocenters. The van der Waals surface area contributed by atoms with Crippen molar-refractivity contribution in [3.63, 3.8) is 0 Å². The first-order valence-electron chi connectivity index (χ1n) is 7.23. The predicted octanol–water partition coefficient (Wildman–Crippen LogP) is 1.71. The van der Waals surface area contributed by atoms with Gasteiger partial charge in [0.05, 0.1) is 16.5 Å². The van der Waals surface area contributed by atoms with Crippen LogP contribution in [0.2, 0.25) is 0 Å². The smallest absolute Gasteiger partial charge is 0.240 e. The van der Waals surface area contributed by atoms with Crippen molar-refractivity contribution in [1.82, 2.24) is 9.62 Å². The lowest BCUT2D eigenvalue weighted by atomic mass is 10.2. The molecule has 6 heteroatoms. The van der Waals surface area contributed by atoms with Gasteiger partial charge in [-0.2, -0.15) is 5.26 Å². The number of nitrogens with zero attached hydrogens (tertiary/aromatic N) is 2. The number of benzene rings is 1. The summed E-state index contributed by atoms with van der Waals surface area (Å²) in [6.45, 7) is 1.11. The highest BCUT2D eigenvalue weighted by molar-refractivity contribution is 7.89. The first kappa shape index (κ1) is 16.0. The van der Waals surface area contributed by atoms with E-state index in [9.17, 15) is 8.42 Å². The second-order valence-corrected chi connectivity index (χ2v) is 7.22. The Hall–Kier alpha value is -1.42. The topological polar surface area (TPSA) is 73.2 Å². The first-order chi connectivity index (χ1) is 10.0. The van der Waals surface area contributed by atoms with Gasteiger partial charge >= 0.3 is 0 Å². The number of hydrogen-bond donors (Lipinski definition) is 1. The van der Waals surface area contributed by atoms with Gasteiger partial charge in [0.25, 0.3) is 0 Å². The van der Waals surface area contributed by atoms with E-state index in [0.717, 1.165) is 0 Å². The zero-order chi connectivity index (χ0) is 15.3. The molecule has 0 saturated heterocycles. The van der Waals surface area contributed by atoms with Crippen molar-refractivity contribution in [2.24, 2.45) is 0 Å². The minimum atomic E-state index is -3.49. The normalized spacial score (nSPS) is 16.2. The van der Waals surface area contributed by atoms with Crippen LogP contribution in [0.1, 0.15) is 31.2 Å². The third-order valence-corrected chi connectivity index (χ3v) is 5.48. The van der Waals surface area contributed by atoms with Crippen LogP contribution in [-0.2, 0) is 10.0 Å². The summed E-state index contributed by atoms with van der Waals surface area (Å²) in [5.74, 6) is 0. The Balaban J connectivity index is 1.87. The Kier molecular flexibility index (Phi) is 5.34. The van der Waals surface area contributed by atoms with E-state index in [0.29, 0.717) is 24.7 Å². The summed E-state index contributed by atoms with van der Waals surface area (Å²) in [5, 5.41) is 8.72. The van der Waals surface area contributed by atoms with E-state index in [2.05, 4.69) is 9.62 Å². The largest absolute Gasteiger partial charge is 0.302 e. The number of rotatable bonds is 6. The molecule has 5 nitrogen and oxygen atoms in total. The summed E-state index contributed by atoms with van der Waals surface area (Å²) >= 11 is 0. The molecule has 0 heterocycles. The summed E-state index contributed by atoms with van der Waals surface area (Å²) in [4.78, 5) is 2.43. The lowest BCUT2D eigenvalue weighted by molar-refractivity contribution is 0.250. The van der Waals surface area contributed by atoms with Crippen molar-refractivity contribution in [3.8, 4) is 6.07 Å². The van der Waals surface area contributed by atoms with Crippen LogP contribution in [0.5, 0.6) is 0 Å². The molecule has 0 radical (unpaired) electrons. The lowest BCUT2D eigenvalue weighted by Crippen LogP contribution is -2.37. The summed E-state index contributed by atoms with van der Waals surface area (Å²) in [7, 11) is -1.44. The predicted molar refractivity (Wildman–Crippen MR) is 81.2 cm³/mol. The van der Waals surface area contributed by atoms with E-state index in [-0.39, 0.29) is 4.90 Å². The van der Waals surface area contributed by atoms with Crippen molar-refractivity contribution in [2.75, 3.05) is 20.1 Å². The monoisotopic (exact) mass is 307 g/mol. The van der Waals surface area contributed by atoms with Gasteiger partial charge in [-0.15, -0.1) is 0 Å². The standard InChI is InChI=1S/C15H21N3O2S/c1-18(14-4-2-3-5-14)11-10-17-21(19,20)15-8-6-13(12-16)7-9-15/h6-9,14,17H,2-5,10-11H2,1H3. The lowest BCUT2D eigenvalue weighted by Gasteiger charge is -2.23. The van der Waals surface area contributed by atoms with Gasteiger partial charge < -0.3 is 4.90 Å². The summed E-state index contributed by atoms with van der Waals surface area (Å²) in [5.41, 5.74) is 0.454. The van der Waals surface area contributed by atoms with Crippen LogP contribution in [0.15, 0.2) is 29.2 Å². The van der Waals surface area contributed by atoms with Gasteiger partial charge in [-0.25, -0.2) is 13.1 Å². The zero-order valence-electron chi connectivity index (χ0n) is 12.2. The molecule has 1 saturated carbocycles. The molecule has 0 amide bonds. The van der Waals surface area contributed by atoms with Crippen LogP contribution < -0.4 is 4.72 Å². The van der Waals surface area contributed by atoms with Crippen LogP contribution in [-0.4, -0.2) is 39.5 Å². The third-order valence-electron chi connectivity index (χ3n) is 4.00. The van der Waals surface area contributed by atoms with Gasteiger partial charge in [-0.1, -0.05) is 12.8 Å². The minimum absolute atomic E-state index is 0.199. The number of likely N-dealkylation sites (N-methyl/N-ethyl adjacent to an activating group) is 1. The third kappa shape index (κ3) is 4.27. The Labute approximate surface area is 126 Å². The fourth-order valence-electron chi connectivity index (χ4n) is 2.68. The van der Waals surface area contributed by atoms with Crippen LogP contribution in [0.25, 0.3) is 0 Å². The maximum absolute atomic E-state index is 12.1. The van der Waals surface area contributed by atoms with Crippen molar-refractivity contribution >= 4 is 10.0 Å². The van der Waals surface area contributed by atoms with Crippen molar-refractivity contribution < 1.29 is 8.42 Å². The summed E-state index contributed by atoms with van der Waals surface area (Å²) in [6.07, 6.45) is 4.95. The fraction of sp³-hybridized carbons (Fsp3) is 0.533. The molecule has 2 rings (SSSR count). The molecule has 114 valence electrons. The minimum Gasteiger partial charge on any atom is -0.302 e. The molecule has 1 N–H and O–H groups in total. The van der Waals surface area contributed by atoms with Crippen LogP contribution in [0.4, 0.5) is 0 Å². The second-order valence-electron chi connectivity index (χ2n) is 5.45. The van der Waals surface area contributed by atoms with Crippen LogP contribution in [0, 0.1) is 11.3 Å². The molecule has 1 fully saturated rings. The molecular formula is C15H21N3O2S. The van der Waals surface area contributed by atoms with E-state index in [4.69, 9.17) is 5.26 Å². The van der Waals surface area contributed by atoms with Gasteiger partial charge in [0.2, 0.25) is 10.0 Å². The molecule has 0 aromatic heterocycles. The Morgan fingerprint density at radius 2 is 1.90 bits per heavy atom. The second kappa shape index (κ2) is 7.03. The molecule has 0 atom stereocenters. The van der Waals surface area contributed by atoms with E-state index in [1.165, 1.54) is 49.9 Å². The maximum atomic E-state index is 12.1. The van der Waals surface area contributed by atoms with Crippen LogP contribution in [0.3, 0.4) is 0 Å². The first-order valence-corrected chi connectivity index (χ1v) is 8.71. The van der Waals surface area contributed by atoms with Gasteiger partial charge in [0.1, 0.15) is 0 Å². The highest BCUT2D eigenvalue weighted by Gasteiger charge is 2.20. The number of sulfonamides is 1. The zero-order valence-corrected chi connectivity index (χ0v) is 13.1. The Bertz CT molecular complexity index is 599. The highest BCUT2D eigenvalue weighted by Crippen LogP contribution is 2.21. The summed E-state index contributed by atoms with van der Waals surface area (Å²) in [6, 6.07) is 8.51. The number of hydrogen-bond acceptors (Lipinski definition) is 4. The van der Waals surface area contributed by atoms with E-state index in [1.54, 1.807) is 0 Å². The quantitative estimate of drug-likeness (QED) is 0.868. The van der Waals surface area contributed by atoms with E-state index in [1.807, 2.05) is 13.1 Å². The summed E-state index contributed by atoms with van der Waals surface area (Å²) < 4.78 is 26.9. The van der Waals surface area contributed by atoms with Gasteiger partial charge in [0.15, 0.2) is 0 Å². The molecular weight excluding hydrogens is 286 g/mol.